The highest BCUT2D eigenvalue weighted by Crippen LogP contribution is 2.16. The Morgan fingerprint density at radius 1 is 1.18 bits per heavy atom. The number of methoxy groups -OCH3 is 1. The third-order valence-electron chi connectivity index (χ3n) is 2.15. The average Bonchev–Trinajstić information content (AvgIpc) is 2.35. The van der Waals surface area contributed by atoms with E-state index in [0.717, 1.165) is 18.0 Å². The van der Waals surface area contributed by atoms with E-state index in [0.29, 0.717) is 26.4 Å². The summed E-state index contributed by atoms with van der Waals surface area (Å²) in [6.07, 6.45) is 0. The first kappa shape index (κ1) is 13.8. The predicted molar refractivity (Wildman–Crippen MR) is 68.8 cm³/mol. The van der Waals surface area contributed by atoms with Crippen LogP contribution < -0.4 is 10.1 Å². The van der Waals surface area contributed by atoms with Crippen LogP contribution in [0.1, 0.15) is 6.92 Å². The summed E-state index contributed by atoms with van der Waals surface area (Å²) in [6.45, 7) is 5.38. The fraction of sp³-hybridized carbons (Fsp3) is 0.538. The lowest BCUT2D eigenvalue weighted by molar-refractivity contribution is 0.0759. The Morgan fingerprint density at radius 3 is 2.82 bits per heavy atom. The summed E-state index contributed by atoms with van der Waals surface area (Å²) in [4.78, 5) is 0. The molecule has 0 radical (unpaired) electrons. The number of benzene rings is 1. The van der Waals surface area contributed by atoms with Crippen LogP contribution in [0.3, 0.4) is 0 Å². The first-order valence-corrected chi connectivity index (χ1v) is 5.90. The molecule has 0 aromatic heterocycles. The number of hydrogen-bond acceptors (Lipinski definition) is 4. The molecule has 0 aliphatic rings. The molecule has 0 spiro atoms. The molecule has 0 aliphatic heterocycles. The Balaban J connectivity index is 2.19. The van der Waals surface area contributed by atoms with Crippen molar-refractivity contribution in [3.8, 4) is 5.75 Å². The van der Waals surface area contributed by atoms with Gasteiger partial charge in [-0.25, -0.2) is 0 Å². The maximum absolute atomic E-state index is 5.42. The van der Waals surface area contributed by atoms with Crippen LogP contribution in [0.4, 0.5) is 5.69 Å². The Bertz CT molecular complexity index is 304. The van der Waals surface area contributed by atoms with Crippen molar-refractivity contribution in [1.82, 2.24) is 0 Å². The van der Waals surface area contributed by atoms with Crippen molar-refractivity contribution in [3.63, 3.8) is 0 Å². The second-order valence-corrected chi connectivity index (χ2v) is 3.49. The quantitative estimate of drug-likeness (QED) is 0.670. The van der Waals surface area contributed by atoms with Gasteiger partial charge in [-0.15, -0.1) is 0 Å². The van der Waals surface area contributed by atoms with Crippen molar-refractivity contribution < 1.29 is 14.2 Å². The second kappa shape index (κ2) is 8.84. The molecule has 1 N–H and O–H groups in total. The lowest BCUT2D eigenvalue weighted by atomic mass is 10.3. The minimum atomic E-state index is 0.636. The summed E-state index contributed by atoms with van der Waals surface area (Å²) < 4.78 is 15.7. The third kappa shape index (κ3) is 6.14. The highest BCUT2D eigenvalue weighted by Gasteiger charge is 1.95. The zero-order valence-electron chi connectivity index (χ0n) is 10.6. The fourth-order valence-corrected chi connectivity index (χ4v) is 1.37. The minimum Gasteiger partial charge on any atom is -0.494 e. The number of hydrogen-bond donors (Lipinski definition) is 1. The van der Waals surface area contributed by atoms with Crippen molar-refractivity contribution in [2.75, 3.05) is 45.4 Å². The minimum absolute atomic E-state index is 0.636. The number of anilines is 1. The highest BCUT2D eigenvalue weighted by molar-refractivity contribution is 5.48. The molecule has 96 valence electrons. The summed E-state index contributed by atoms with van der Waals surface area (Å²) in [5, 5.41) is 3.27. The molecule has 0 aliphatic carbocycles. The van der Waals surface area contributed by atoms with E-state index in [1.165, 1.54) is 0 Å². The van der Waals surface area contributed by atoms with Gasteiger partial charge in [-0.1, -0.05) is 6.07 Å². The van der Waals surface area contributed by atoms with E-state index < -0.39 is 0 Å². The van der Waals surface area contributed by atoms with E-state index in [9.17, 15) is 0 Å². The van der Waals surface area contributed by atoms with Crippen molar-refractivity contribution >= 4 is 5.69 Å². The lowest BCUT2D eigenvalue weighted by Gasteiger charge is -2.09. The van der Waals surface area contributed by atoms with Crippen molar-refractivity contribution in [2.24, 2.45) is 0 Å². The second-order valence-electron chi connectivity index (χ2n) is 3.49. The molecule has 0 bridgehead atoms. The topological polar surface area (TPSA) is 39.7 Å². The van der Waals surface area contributed by atoms with E-state index in [4.69, 9.17) is 14.2 Å². The predicted octanol–water partition coefficient (Wildman–Crippen LogP) is 2.16. The van der Waals surface area contributed by atoms with Crippen LogP contribution in [0.25, 0.3) is 0 Å². The summed E-state index contributed by atoms with van der Waals surface area (Å²) in [5.74, 6) is 0.887. The number of nitrogens with one attached hydrogen (secondary N) is 1. The molecule has 1 aromatic carbocycles. The zero-order valence-corrected chi connectivity index (χ0v) is 10.6. The Labute approximate surface area is 103 Å². The number of ether oxygens (including phenoxy) is 3. The maximum Gasteiger partial charge on any atom is 0.121 e. The zero-order chi connectivity index (χ0) is 12.3. The average molecular weight is 239 g/mol. The van der Waals surface area contributed by atoms with E-state index in [1.54, 1.807) is 7.11 Å². The van der Waals surface area contributed by atoms with Gasteiger partial charge in [0.05, 0.1) is 26.4 Å². The van der Waals surface area contributed by atoms with Crippen LogP contribution in [0, 0.1) is 0 Å². The first-order chi connectivity index (χ1) is 8.36. The summed E-state index contributed by atoms with van der Waals surface area (Å²) in [7, 11) is 1.67. The highest BCUT2D eigenvalue weighted by atomic mass is 16.5. The van der Waals surface area contributed by atoms with Crippen LogP contribution >= 0.6 is 0 Å². The molecule has 0 heterocycles. The molecule has 0 unspecified atom stereocenters. The van der Waals surface area contributed by atoms with Gasteiger partial charge in [0.1, 0.15) is 5.75 Å². The van der Waals surface area contributed by atoms with Crippen LogP contribution in [0.5, 0.6) is 5.75 Å². The third-order valence-corrected chi connectivity index (χ3v) is 2.15. The molecule has 1 aromatic rings. The smallest absolute Gasteiger partial charge is 0.121 e. The molecule has 1 rings (SSSR count). The molecule has 0 amide bonds. The first-order valence-electron chi connectivity index (χ1n) is 5.90. The van der Waals surface area contributed by atoms with Gasteiger partial charge in [0.2, 0.25) is 0 Å². The van der Waals surface area contributed by atoms with Crippen LogP contribution in [-0.2, 0) is 9.47 Å². The maximum atomic E-state index is 5.42. The summed E-state index contributed by atoms with van der Waals surface area (Å²) in [5.41, 5.74) is 1.05. The van der Waals surface area contributed by atoms with Gasteiger partial charge in [-0.3, -0.25) is 0 Å². The van der Waals surface area contributed by atoms with Gasteiger partial charge < -0.3 is 19.5 Å². The van der Waals surface area contributed by atoms with Gasteiger partial charge in [0.15, 0.2) is 0 Å². The van der Waals surface area contributed by atoms with E-state index in [1.807, 2.05) is 31.2 Å². The Hall–Kier alpha value is -1.26. The van der Waals surface area contributed by atoms with Gasteiger partial charge >= 0.3 is 0 Å². The van der Waals surface area contributed by atoms with E-state index in [2.05, 4.69) is 5.32 Å². The molecule has 0 saturated heterocycles. The largest absolute Gasteiger partial charge is 0.494 e. The van der Waals surface area contributed by atoms with Crippen molar-refractivity contribution in [1.29, 1.82) is 0 Å². The molecule has 0 atom stereocenters. The van der Waals surface area contributed by atoms with Crippen LogP contribution in [0.15, 0.2) is 24.3 Å². The SMILES string of the molecule is CCOc1cccc(NCCOCCOC)c1. The fourth-order valence-electron chi connectivity index (χ4n) is 1.37. The molecule has 0 fully saturated rings. The van der Waals surface area contributed by atoms with Gasteiger partial charge in [-0.2, -0.15) is 0 Å². The molecule has 17 heavy (non-hydrogen) atoms. The van der Waals surface area contributed by atoms with Crippen molar-refractivity contribution in [2.45, 2.75) is 6.92 Å². The summed E-state index contributed by atoms with van der Waals surface area (Å²) >= 11 is 0. The van der Waals surface area contributed by atoms with Crippen LogP contribution in [-0.4, -0.2) is 40.1 Å². The molecule has 4 nitrogen and oxygen atoms in total. The molecule has 4 heteroatoms. The Kier molecular flexibility index (Phi) is 7.18. The van der Waals surface area contributed by atoms with Gasteiger partial charge in [-0.05, 0) is 19.1 Å². The van der Waals surface area contributed by atoms with E-state index in [-0.39, 0.29) is 0 Å². The number of rotatable bonds is 9. The van der Waals surface area contributed by atoms with Crippen LogP contribution in [0.2, 0.25) is 0 Å². The van der Waals surface area contributed by atoms with Gasteiger partial charge in [0.25, 0.3) is 0 Å². The Morgan fingerprint density at radius 2 is 2.06 bits per heavy atom. The molecule has 0 saturated carbocycles. The van der Waals surface area contributed by atoms with Gasteiger partial charge in [0, 0.05) is 25.4 Å². The molecular weight excluding hydrogens is 218 g/mol. The van der Waals surface area contributed by atoms with E-state index >= 15 is 0 Å². The standard InChI is InChI=1S/C13H21NO3/c1-3-17-13-6-4-5-12(11-13)14-7-8-16-10-9-15-2/h4-6,11,14H,3,7-10H2,1-2H3. The monoisotopic (exact) mass is 239 g/mol. The molecular formula is C13H21NO3. The lowest BCUT2D eigenvalue weighted by Crippen LogP contribution is -2.11. The van der Waals surface area contributed by atoms with Crippen molar-refractivity contribution in [3.05, 3.63) is 24.3 Å². The summed E-state index contributed by atoms with van der Waals surface area (Å²) in [6, 6.07) is 7.92. The normalized spacial score (nSPS) is 10.2.